The van der Waals surface area contributed by atoms with Gasteiger partial charge in [-0.25, -0.2) is 4.79 Å². The second-order valence-corrected chi connectivity index (χ2v) is 7.90. The molecular formula is C22H20ClNO3. The summed E-state index contributed by atoms with van der Waals surface area (Å²) in [5.41, 5.74) is 5.67. The van der Waals surface area contributed by atoms with Gasteiger partial charge in [0, 0.05) is 24.0 Å². The Morgan fingerprint density at radius 1 is 1.11 bits per heavy atom. The van der Waals surface area contributed by atoms with Crippen LogP contribution in [0.1, 0.15) is 34.2 Å². The van der Waals surface area contributed by atoms with Crippen LogP contribution in [0.4, 0.5) is 0 Å². The molecule has 0 bridgehead atoms. The van der Waals surface area contributed by atoms with Crippen LogP contribution in [-0.2, 0) is 25.9 Å². The van der Waals surface area contributed by atoms with Gasteiger partial charge in [0.15, 0.2) is 0 Å². The zero-order chi connectivity index (χ0) is 18.5. The predicted molar refractivity (Wildman–Crippen MR) is 105 cm³/mol. The summed E-state index contributed by atoms with van der Waals surface area (Å²) in [6.07, 6.45) is 2.68. The molecule has 0 N–H and O–H groups in total. The second kappa shape index (κ2) is 6.39. The monoisotopic (exact) mass is 381 g/mol. The first-order valence-corrected chi connectivity index (χ1v) is 9.68. The summed E-state index contributed by atoms with van der Waals surface area (Å²) in [5, 5.41) is 1.56. The van der Waals surface area contributed by atoms with E-state index in [4.69, 9.17) is 20.8 Å². The summed E-state index contributed by atoms with van der Waals surface area (Å²) in [4.78, 5) is 14.6. The molecule has 0 radical (unpaired) electrons. The van der Waals surface area contributed by atoms with Crippen LogP contribution in [0.25, 0.3) is 11.0 Å². The smallest absolute Gasteiger partial charge is 0.339 e. The van der Waals surface area contributed by atoms with Crippen molar-refractivity contribution in [3.8, 4) is 5.75 Å². The Bertz CT molecular complexity index is 1100. The quantitative estimate of drug-likeness (QED) is 0.608. The van der Waals surface area contributed by atoms with E-state index in [1.807, 2.05) is 6.07 Å². The highest BCUT2D eigenvalue weighted by Gasteiger charge is 2.28. The molecule has 0 fully saturated rings. The SMILES string of the molecule is Cc1ccc(CN2COc3c(Cl)cc4c5c(c(=O)oc4c3C2)CCC5)cc1. The molecular weight excluding hydrogens is 362 g/mol. The molecule has 1 aliphatic carbocycles. The zero-order valence-electron chi connectivity index (χ0n) is 15.2. The highest BCUT2D eigenvalue weighted by Crippen LogP contribution is 2.41. The summed E-state index contributed by atoms with van der Waals surface area (Å²) in [6, 6.07) is 10.4. The Labute approximate surface area is 162 Å². The standard InChI is InChI=1S/C22H20ClNO3/c1-13-5-7-14(8-6-13)10-24-11-18-20-17(9-19(23)21(18)26-12-24)15-3-2-4-16(15)22(25)27-20/h5-9H,2-4,10-12H2,1H3. The third kappa shape index (κ3) is 2.84. The maximum absolute atomic E-state index is 12.4. The lowest BCUT2D eigenvalue weighted by molar-refractivity contribution is 0.0890. The lowest BCUT2D eigenvalue weighted by atomic mass is 10.0. The van der Waals surface area contributed by atoms with Gasteiger partial charge in [-0.1, -0.05) is 41.4 Å². The molecule has 5 heteroatoms. The number of benzene rings is 2. The van der Waals surface area contributed by atoms with Crippen molar-refractivity contribution in [1.29, 1.82) is 0 Å². The predicted octanol–water partition coefficient (Wildman–Crippen LogP) is 4.60. The van der Waals surface area contributed by atoms with Crippen LogP contribution in [0.3, 0.4) is 0 Å². The molecule has 0 spiro atoms. The van der Waals surface area contributed by atoms with Gasteiger partial charge in [-0.3, -0.25) is 4.90 Å². The van der Waals surface area contributed by atoms with E-state index in [0.717, 1.165) is 47.9 Å². The summed E-state index contributed by atoms with van der Waals surface area (Å²) in [7, 11) is 0. The van der Waals surface area contributed by atoms with Gasteiger partial charge >= 0.3 is 5.63 Å². The van der Waals surface area contributed by atoms with Gasteiger partial charge in [0.25, 0.3) is 0 Å². The second-order valence-electron chi connectivity index (χ2n) is 7.49. The first-order chi connectivity index (χ1) is 13.1. The van der Waals surface area contributed by atoms with Gasteiger partial charge in [-0.2, -0.15) is 0 Å². The highest BCUT2D eigenvalue weighted by molar-refractivity contribution is 6.33. The van der Waals surface area contributed by atoms with Crippen molar-refractivity contribution in [2.75, 3.05) is 6.73 Å². The normalized spacial score (nSPS) is 16.2. The van der Waals surface area contributed by atoms with Gasteiger partial charge in [0.1, 0.15) is 18.1 Å². The minimum Gasteiger partial charge on any atom is -0.476 e. The molecule has 5 rings (SSSR count). The number of fused-ring (bicyclic) bond motifs is 5. The molecule has 2 aliphatic rings. The number of rotatable bonds is 2. The summed E-state index contributed by atoms with van der Waals surface area (Å²) >= 11 is 6.52. The molecule has 2 aromatic carbocycles. The van der Waals surface area contributed by atoms with Crippen LogP contribution >= 0.6 is 11.6 Å². The molecule has 1 aromatic heterocycles. The topological polar surface area (TPSA) is 42.7 Å². The van der Waals surface area contributed by atoms with Gasteiger partial charge in [-0.15, -0.1) is 0 Å². The molecule has 4 nitrogen and oxygen atoms in total. The fraction of sp³-hybridized carbons (Fsp3) is 0.318. The van der Waals surface area contributed by atoms with Crippen LogP contribution in [-0.4, -0.2) is 11.6 Å². The van der Waals surface area contributed by atoms with Gasteiger partial charge < -0.3 is 9.15 Å². The number of hydrogen-bond acceptors (Lipinski definition) is 4. The first kappa shape index (κ1) is 16.8. The molecule has 0 amide bonds. The van der Waals surface area contributed by atoms with Crippen molar-refractivity contribution in [2.45, 2.75) is 39.3 Å². The average Bonchev–Trinajstić information content (AvgIpc) is 3.16. The molecule has 27 heavy (non-hydrogen) atoms. The van der Waals surface area contributed by atoms with Crippen molar-refractivity contribution < 1.29 is 9.15 Å². The third-order valence-corrected chi connectivity index (χ3v) is 5.85. The largest absolute Gasteiger partial charge is 0.476 e. The maximum atomic E-state index is 12.4. The fourth-order valence-corrected chi connectivity index (χ4v) is 4.48. The van der Waals surface area contributed by atoms with Crippen LogP contribution in [0, 0.1) is 6.92 Å². The Balaban J connectivity index is 1.57. The van der Waals surface area contributed by atoms with Crippen LogP contribution in [0.2, 0.25) is 5.02 Å². The van der Waals surface area contributed by atoms with Gasteiger partial charge in [0.2, 0.25) is 0 Å². The van der Waals surface area contributed by atoms with E-state index in [0.29, 0.717) is 29.6 Å². The van der Waals surface area contributed by atoms with Crippen molar-refractivity contribution in [2.24, 2.45) is 0 Å². The number of nitrogens with zero attached hydrogens (tertiary/aromatic N) is 1. The summed E-state index contributed by atoms with van der Waals surface area (Å²) < 4.78 is 11.7. The van der Waals surface area contributed by atoms with Gasteiger partial charge in [0.05, 0.1) is 10.6 Å². The van der Waals surface area contributed by atoms with E-state index >= 15 is 0 Å². The Hall–Kier alpha value is -2.30. The lowest BCUT2D eigenvalue weighted by Gasteiger charge is -2.30. The average molecular weight is 382 g/mol. The number of aryl methyl sites for hydroxylation is 2. The van der Waals surface area contributed by atoms with Crippen LogP contribution < -0.4 is 10.4 Å². The van der Waals surface area contributed by atoms with Crippen molar-refractivity contribution in [1.82, 2.24) is 4.90 Å². The van der Waals surface area contributed by atoms with Crippen LogP contribution in [0.15, 0.2) is 39.5 Å². The molecule has 0 atom stereocenters. The molecule has 3 aromatic rings. The molecule has 0 saturated carbocycles. The molecule has 138 valence electrons. The van der Waals surface area contributed by atoms with E-state index in [1.165, 1.54) is 11.1 Å². The number of ether oxygens (including phenoxy) is 1. The first-order valence-electron chi connectivity index (χ1n) is 9.31. The Morgan fingerprint density at radius 2 is 1.89 bits per heavy atom. The molecule has 1 aliphatic heterocycles. The number of halogens is 1. The van der Waals surface area contributed by atoms with E-state index in [9.17, 15) is 4.79 Å². The molecule has 2 heterocycles. The Kier molecular flexibility index (Phi) is 3.99. The Morgan fingerprint density at radius 3 is 2.70 bits per heavy atom. The van der Waals surface area contributed by atoms with E-state index in [1.54, 1.807) is 0 Å². The maximum Gasteiger partial charge on any atom is 0.339 e. The number of hydrogen-bond donors (Lipinski definition) is 0. The highest BCUT2D eigenvalue weighted by atomic mass is 35.5. The zero-order valence-corrected chi connectivity index (χ0v) is 15.9. The fourth-order valence-electron chi connectivity index (χ4n) is 4.21. The minimum absolute atomic E-state index is 0.213. The minimum atomic E-state index is -0.213. The van der Waals surface area contributed by atoms with E-state index in [2.05, 4.69) is 36.1 Å². The van der Waals surface area contributed by atoms with Crippen LogP contribution in [0.5, 0.6) is 5.75 Å². The van der Waals surface area contributed by atoms with Crippen molar-refractivity contribution >= 4 is 22.6 Å². The van der Waals surface area contributed by atoms with Gasteiger partial charge in [-0.05, 0) is 43.4 Å². The molecule has 0 saturated heterocycles. The summed E-state index contributed by atoms with van der Waals surface area (Å²) in [6.45, 7) is 3.95. The molecule has 0 unspecified atom stereocenters. The van der Waals surface area contributed by atoms with E-state index in [-0.39, 0.29) is 5.63 Å². The third-order valence-electron chi connectivity index (χ3n) is 5.56. The van der Waals surface area contributed by atoms with E-state index < -0.39 is 0 Å². The summed E-state index contributed by atoms with van der Waals surface area (Å²) in [5.74, 6) is 0.644. The van der Waals surface area contributed by atoms with Crippen molar-refractivity contribution in [3.63, 3.8) is 0 Å². The lowest BCUT2D eigenvalue weighted by Crippen LogP contribution is -2.32. The van der Waals surface area contributed by atoms with Crippen molar-refractivity contribution in [3.05, 3.63) is 73.6 Å².